The fourth-order valence-electron chi connectivity index (χ4n) is 8.97. The third-order valence-electron chi connectivity index (χ3n) is 12.0. The summed E-state index contributed by atoms with van der Waals surface area (Å²) in [6.07, 6.45) is -0.128. The highest BCUT2D eigenvalue weighted by molar-refractivity contribution is 5.89. The van der Waals surface area contributed by atoms with Crippen molar-refractivity contribution in [1.29, 1.82) is 0 Å². The molecule has 11 rings (SSSR count). The van der Waals surface area contributed by atoms with Crippen LogP contribution in [0.5, 0.6) is 0 Å². The molecule has 0 fully saturated rings. The Morgan fingerprint density at radius 1 is 0.276 bits per heavy atom. The lowest BCUT2D eigenvalue weighted by Crippen LogP contribution is -2.38. The fourth-order valence-corrected chi connectivity index (χ4v) is 8.97. The molecule has 0 aliphatic carbocycles. The smallest absolute Gasteiger partial charge is 0.104 e. The molecule has 58 heavy (non-hydrogen) atoms. The normalized spacial score (nSPS) is 18.5. The van der Waals surface area contributed by atoms with Gasteiger partial charge in [0, 0.05) is 11.4 Å². The van der Waals surface area contributed by atoms with Crippen molar-refractivity contribution in [3.8, 4) is 22.3 Å². The molecule has 0 saturated carbocycles. The second-order valence-corrected chi connectivity index (χ2v) is 15.6. The van der Waals surface area contributed by atoms with Gasteiger partial charge in [-0.05, 0) is 114 Å². The number of rotatable bonds is 6. The molecule has 2 aliphatic rings. The molecule has 9 aromatic carbocycles. The van der Waals surface area contributed by atoms with Crippen molar-refractivity contribution in [2.24, 2.45) is 0 Å². The van der Waals surface area contributed by atoms with Crippen LogP contribution < -0.4 is 21.3 Å². The van der Waals surface area contributed by atoms with Crippen LogP contribution in [0.3, 0.4) is 0 Å². The van der Waals surface area contributed by atoms with Crippen LogP contribution in [-0.4, -0.2) is 0 Å². The van der Waals surface area contributed by atoms with Gasteiger partial charge < -0.3 is 10.6 Å². The minimum absolute atomic E-state index is 0.0335. The number of nitrogens with one attached hydrogen (secondary N) is 4. The Morgan fingerprint density at radius 2 is 0.638 bits per heavy atom. The first kappa shape index (κ1) is 34.3. The number of hydrogen-bond acceptors (Lipinski definition) is 4. The summed E-state index contributed by atoms with van der Waals surface area (Å²) < 4.78 is 0. The maximum Gasteiger partial charge on any atom is 0.104 e. The first-order chi connectivity index (χ1) is 28.7. The molecular weight excluding hydrogens is 705 g/mol. The zero-order valence-electron chi connectivity index (χ0n) is 31.9. The average Bonchev–Trinajstić information content (AvgIpc) is 3.30. The van der Waals surface area contributed by atoms with Gasteiger partial charge in [0.15, 0.2) is 0 Å². The Morgan fingerprint density at radius 3 is 1.09 bits per heavy atom. The van der Waals surface area contributed by atoms with E-state index >= 15 is 0 Å². The molecule has 0 aromatic heterocycles. The highest BCUT2D eigenvalue weighted by Crippen LogP contribution is 2.40. The van der Waals surface area contributed by atoms with Crippen molar-refractivity contribution in [3.05, 3.63) is 240 Å². The van der Waals surface area contributed by atoms with Crippen LogP contribution in [0.25, 0.3) is 43.8 Å². The number of fused-ring (bicyclic) bond motifs is 4. The summed E-state index contributed by atoms with van der Waals surface area (Å²) in [4.78, 5) is 0. The molecule has 0 saturated heterocycles. The summed E-state index contributed by atoms with van der Waals surface area (Å²) in [5.74, 6) is 0. The van der Waals surface area contributed by atoms with Gasteiger partial charge >= 0.3 is 0 Å². The summed E-state index contributed by atoms with van der Waals surface area (Å²) >= 11 is 0. The van der Waals surface area contributed by atoms with Crippen LogP contribution in [0.15, 0.2) is 206 Å². The summed E-state index contributed by atoms with van der Waals surface area (Å²) in [6.45, 7) is 0. The van der Waals surface area contributed by atoms with Gasteiger partial charge in [-0.3, -0.25) is 10.6 Å². The van der Waals surface area contributed by atoms with Gasteiger partial charge in [-0.2, -0.15) is 0 Å². The van der Waals surface area contributed by atoms with E-state index in [1.807, 2.05) is 0 Å². The monoisotopic (exact) mass is 746 g/mol. The van der Waals surface area contributed by atoms with E-state index < -0.39 is 0 Å². The lowest BCUT2D eigenvalue weighted by molar-refractivity contribution is 0.501. The minimum atomic E-state index is -0.0640. The molecule has 4 nitrogen and oxygen atoms in total. The Hall–Kier alpha value is -6.98. The van der Waals surface area contributed by atoms with Gasteiger partial charge in [-0.25, -0.2) is 0 Å². The Labute approximate surface area is 339 Å². The zero-order chi connectivity index (χ0) is 38.4. The summed E-state index contributed by atoms with van der Waals surface area (Å²) in [5.41, 5.74) is 14.6. The van der Waals surface area contributed by atoms with Crippen LogP contribution in [0.1, 0.15) is 57.8 Å². The first-order valence-corrected chi connectivity index (χ1v) is 20.2. The zero-order valence-corrected chi connectivity index (χ0v) is 31.9. The van der Waals surface area contributed by atoms with Gasteiger partial charge in [0.25, 0.3) is 0 Å². The number of hydrogen-bond donors (Lipinski definition) is 4. The average molecular weight is 747 g/mol. The molecule has 4 heteroatoms. The predicted octanol–water partition coefficient (Wildman–Crippen LogP) is 12.9. The van der Waals surface area contributed by atoms with Crippen molar-refractivity contribution >= 4 is 32.9 Å². The minimum Gasteiger partial charge on any atom is -0.366 e. The maximum absolute atomic E-state index is 3.97. The number of para-hydroxylation sites is 2. The SMILES string of the molecule is c1ccc(-c2ccc3cc(C4NC(c5ccc(C6Nc7ccccc7C(c7ccc8cc(-c9ccccc9)ccc8c7)N6)cc5)Nc5ccccc54)ccc3c2)cc1. The summed E-state index contributed by atoms with van der Waals surface area (Å²) in [5, 5.41) is 20.5. The molecule has 2 aliphatic heterocycles. The van der Waals surface area contributed by atoms with E-state index in [2.05, 4.69) is 228 Å². The van der Waals surface area contributed by atoms with E-state index in [9.17, 15) is 0 Å². The predicted molar refractivity (Wildman–Crippen MR) is 241 cm³/mol. The third-order valence-corrected chi connectivity index (χ3v) is 12.0. The van der Waals surface area contributed by atoms with Crippen LogP contribution in [-0.2, 0) is 0 Å². The lowest BCUT2D eigenvalue weighted by atomic mass is 9.90. The Bertz CT molecular complexity index is 2720. The standard InChI is InChI=1S/C54H42N4/c1-3-11-35(12-4-1)39-23-25-43-33-45(29-27-41(43)31-39)51-47-15-7-9-17-49(47)55-53(57-51)37-19-21-38(22-20-37)54-56-50-18-10-8-16-48(50)52(58-54)46-30-28-42-32-40(24-26-44(42)34-46)36-13-5-2-6-14-36/h1-34,51-58H. The molecule has 9 aromatic rings. The van der Waals surface area contributed by atoms with Crippen LogP contribution in [0, 0.1) is 0 Å². The quantitative estimate of drug-likeness (QED) is 0.137. The molecule has 0 radical (unpaired) electrons. The van der Waals surface area contributed by atoms with E-state index in [-0.39, 0.29) is 24.4 Å². The van der Waals surface area contributed by atoms with Gasteiger partial charge in [0.05, 0.1) is 12.1 Å². The Kier molecular flexibility index (Phi) is 8.58. The highest BCUT2D eigenvalue weighted by Gasteiger charge is 2.30. The van der Waals surface area contributed by atoms with Crippen molar-refractivity contribution in [1.82, 2.24) is 10.6 Å². The molecule has 0 spiro atoms. The van der Waals surface area contributed by atoms with Crippen molar-refractivity contribution in [3.63, 3.8) is 0 Å². The van der Waals surface area contributed by atoms with E-state index in [4.69, 9.17) is 0 Å². The molecular formula is C54H42N4. The summed E-state index contributed by atoms with van der Waals surface area (Å²) in [6, 6.07) is 75.0. The van der Waals surface area contributed by atoms with Gasteiger partial charge in [0.2, 0.25) is 0 Å². The molecule has 4 N–H and O–H groups in total. The molecule has 4 unspecified atom stereocenters. The van der Waals surface area contributed by atoms with Crippen LogP contribution >= 0.6 is 0 Å². The molecule has 0 amide bonds. The van der Waals surface area contributed by atoms with Gasteiger partial charge in [-0.15, -0.1) is 0 Å². The first-order valence-electron chi connectivity index (χ1n) is 20.2. The largest absolute Gasteiger partial charge is 0.366 e. The van der Waals surface area contributed by atoms with E-state index in [1.165, 1.54) is 77.2 Å². The molecule has 4 atom stereocenters. The number of benzene rings is 9. The highest BCUT2D eigenvalue weighted by atomic mass is 15.2. The lowest BCUT2D eigenvalue weighted by Gasteiger charge is -2.36. The third kappa shape index (κ3) is 6.39. The van der Waals surface area contributed by atoms with E-state index in [1.54, 1.807) is 0 Å². The maximum atomic E-state index is 3.97. The molecule has 278 valence electrons. The Balaban J connectivity index is 0.862. The van der Waals surface area contributed by atoms with Crippen molar-refractivity contribution in [2.75, 3.05) is 10.6 Å². The summed E-state index contributed by atoms with van der Waals surface area (Å²) in [7, 11) is 0. The van der Waals surface area contributed by atoms with Crippen LogP contribution in [0.2, 0.25) is 0 Å². The number of anilines is 2. The van der Waals surface area contributed by atoms with Crippen molar-refractivity contribution in [2.45, 2.75) is 24.4 Å². The fraction of sp³-hybridized carbons (Fsp3) is 0.0741. The second-order valence-electron chi connectivity index (χ2n) is 15.6. The van der Waals surface area contributed by atoms with Gasteiger partial charge in [-0.1, -0.05) is 170 Å². The second kappa shape index (κ2) is 14.5. The van der Waals surface area contributed by atoms with E-state index in [0.29, 0.717) is 0 Å². The van der Waals surface area contributed by atoms with E-state index in [0.717, 1.165) is 11.4 Å². The molecule has 0 bridgehead atoms. The topological polar surface area (TPSA) is 48.1 Å². The molecule has 2 heterocycles. The van der Waals surface area contributed by atoms with Gasteiger partial charge in [0.1, 0.15) is 12.3 Å². The van der Waals surface area contributed by atoms with Crippen molar-refractivity contribution < 1.29 is 0 Å². The van der Waals surface area contributed by atoms with Crippen LogP contribution in [0.4, 0.5) is 11.4 Å².